The van der Waals surface area contributed by atoms with Gasteiger partial charge >= 0.3 is 0 Å². The van der Waals surface area contributed by atoms with Crippen LogP contribution in [0.25, 0.3) is 0 Å². The number of hydrogen-bond donors (Lipinski definition) is 0. The van der Waals surface area contributed by atoms with Gasteiger partial charge in [-0.2, -0.15) is 0 Å². The van der Waals surface area contributed by atoms with Crippen LogP contribution in [0.4, 0.5) is 4.39 Å². The normalized spacial score (nSPS) is 23.0. The topological polar surface area (TPSA) is 54.9 Å². The molecule has 7 heteroatoms. The summed E-state index contributed by atoms with van der Waals surface area (Å²) in [5.74, 6) is -0.277. The van der Waals surface area contributed by atoms with Gasteiger partial charge in [-0.3, -0.25) is 4.79 Å². The molecule has 1 atom stereocenters. The van der Waals surface area contributed by atoms with Crippen LogP contribution in [0.5, 0.6) is 5.88 Å². The van der Waals surface area contributed by atoms with Crippen molar-refractivity contribution < 1.29 is 18.7 Å². The van der Waals surface area contributed by atoms with Gasteiger partial charge in [0.05, 0.1) is 18.8 Å². The number of nitrogens with zero attached hydrogens (tertiary/aromatic N) is 3. The van der Waals surface area contributed by atoms with E-state index >= 15 is 0 Å². The highest BCUT2D eigenvalue weighted by Crippen LogP contribution is 2.37. The Morgan fingerprint density at radius 3 is 2.92 bits per heavy atom. The molecule has 0 aliphatic carbocycles. The van der Waals surface area contributed by atoms with Crippen LogP contribution in [0.1, 0.15) is 19.3 Å². The van der Waals surface area contributed by atoms with Crippen LogP contribution in [0.2, 0.25) is 0 Å². The van der Waals surface area contributed by atoms with Gasteiger partial charge in [0.15, 0.2) is 5.82 Å². The Morgan fingerprint density at radius 1 is 1.50 bits per heavy atom. The Labute approximate surface area is 141 Å². The Hall–Kier alpha value is -1.73. The predicted molar refractivity (Wildman–Crippen MR) is 86.3 cm³/mol. The smallest absolute Gasteiger partial charge is 0.250 e. The number of carbonyl (C=O) groups is 1. The molecule has 2 aliphatic rings. The molecule has 0 saturated carbocycles. The maximum atomic E-state index is 13.6. The Kier molecular flexibility index (Phi) is 5.01. The van der Waals surface area contributed by atoms with Crippen molar-refractivity contribution in [3.8, 4) is 5.88 Å². The molecule has 2 saturated heterocycles. The zero-order valence-corrected chi connectivity index (χ0v) is 14.2. The first-order valence-corrected chi connectivity index (χ1v) is 8.31. The van der Waals surface area contributed by atoms with Crippen molar-refractivity contribution in [3.63, 3.8) is 0 Å². The first kappa shape index (κ1) is 17.1. The van der Waals surface area contributed by atoms with Crippen LogP contribution in [0.15, 0.2) is 18.3 Å². The van der Waals surface area contributed by atoms with Gasteiger partial charge in [-0.05, 0) is 39.1 Å². The number of aromatic nitrogens is 1. The Balaban J connectivity index is 1.53. The van der Waals surface area contributed by atoms with Gasteiger partial charge in [0.1, 0.15) is 6.10 Å². The maximum Gasteiger partial charge on any atom is 0.250 e. The molecule has 2 fully saturated rings. The largest absolute Gasteiger partial charge is 0.470 e. The highest BCUT2D eigenvalue weighted by molar-refractivity contribution is 5.78. The summed E-state index contributed by atoms with van der Waals surface area (Å²) in [7, 11) is 3.78. The van der Waals surface area contributed by atoms with E-state index in [0.29, 0.717) is 32.7 Å². The molecular weight excluding hydrogens is 313 g/mol. The molecule has 2 aliphatic heterocycles. The molecule has 0 bridgehead atoms. The number of amides is 1. The summed E-state index contributed by atoms with van der Waals surface area (Å²) in [5, 5.41) is 0. The molecule has 6 nitrogen and oxygen atoms in total. The maximum absolute atomic E-state index is 13.6. The van der Waals surface area contributed by atoms with E-state index in [1.54, 1.807) is 0 Å². The standard InChI is InChI=1S/C17H24FN3O3/c1-20(2)11-15(22)21-8-5-17(6-9-21)10-13(12-23-17)24-16-14(18)4-3-7-19-16/h3-4,7,13H,5-6,8-12H2,1-2H3/t13-/m0/s1. The zero-order chi connectivity index (χ0) is 17.2. The SMILES string of the molecule is CN(C)CC(=O)N1CCC2(CC1)C[C@H](Oc1ncccc1F)CO2. The average Bonchev–Trinajstić information content (AvgIpc) is 2.92. The average molecular weight is 337 g/mol. The van der Waals surface area contributed by atoms with Gasteiger partial charge in [-0.25, -0.2) is 9.37 Å². The summed E-state index contributed by atoms with van der Waals surface area (Å²) in [6.07, 6.45) is 3.60. The van der Waals surface area contributed by atoms with Crippen molar-refractivity contribution >= 4 is 5.91 Å². The Morgan fingerprint density at radius 2 is 2.25 bits per heavy atom. The first-order valence-electron chi connectivity index (χ1n) is 8.31. The number of piperidine rings is 1. The van der Waals surface area contributed by atoms with Crippen molar-refractivity contribution in [2.75, 3.05) is 40.3 Å². The molecule has 1 aromatic rings. The van der Waals surface area contributed by atoms with Crippen molar-refractivity contribution in [2.24, 2.45) is 0 Å². The molecule has 1 amide bonds. The van der Waals surface area contributed by atoms with Crippen molar-refractivity contribution in [1.29, 1.82) is 0 Å². The molecule has 0 N–H and O–H groups in total. The van der Waals surface area contributed by atoms with Gasteiger partial charge in [-0.1, -0.05) is 0 Å². The molecular formula is C17H24FN3O3. The molecule has 3 heterocycles. The quantitative estimate of drug-likeness (QED) is 0.829. The minimum absolute atomic E-state index is 0.0294. The van der Waals surface area contributed by atoms with Crippen LogP contribution in [-0.4, -0.2) is 72.7 Å². The van der Waals surface area contributed by atoms with E-state index in [2.05, 4.69) is 4.98 Å². The van der Waals surface area contributed by atoms with E-state index < -0.39 is 5.82 Å². The second-order valence-electron chi connectivity index (χ2n) is 6.85. The summed E-state index contributed by atoms with van der Waals surface area (Å²) >= 11 is 0. The fourth-order valence-electron chi connectivity index (χ4n) is 3.38. The first-order chi connectivity index (χ1) is 11.5. The van der Waals surface area contributed by atoms with Crippen LogP contribution in [0.3, 0.4) is 0 Å². The molecule has 1 spiro atoms. The third-order valence-electron chi connectivity index (χ3n) is 4.66. The number of ether oxygens (including phenoxy) is 2. The minimum Gasteiger partial charge on any atom is -0.470 e. The number of rotatable bonds is 4. The summed E-state index contributed by atoms with van der Waals surface area (Å²) in [6.45, 7) is 2.24. The molecule has 0 aromatic carbocycles. The fourth-order valence-corrected chi connectivity index (χ4v) is 3.38. The molecule has 0 radical (unpaired) electrons. The Bertz CT molecular complexity index is 588. The summed E-state index contributed by atoms with van der Waals surface area (Å²) in [4.78, 5) is 19.8. The summed E-state index contributed by atoms with van der Waals surface area (Å²) in [6, 6.07) is 2.87. The van der Waals surface area contributed by atoms with Gasteiger partial charge < -0.3 is 19.3 Å². The molecule has 24 heavy (non-hydrogen) atoms. The van der Waals surface area contributed by atoms with Gasteiger partial charge in [0.2, 0.25) is 5.91 Å². The van der Waals surface area contributed by atoms with E-state index in [0.717, 1.165) is 12.8 Å². The van der Waals surface area contributed by atoms with E-state index in [-0.39, 0.29) is 23.5 Å². The van der Waals surface area contributed by atoms with Gasteiger partial charge in [-0.15, -0.1) is 0 Å². The predicted octanol–water partition coefficient (Wildman–Crippen LogP) is 1.31. The van der Waals surface area contributed by atoms with Crippen molar-refractivity contribution in [2.45, 2.75) is 31.0 Å². The highest BCUT2D eigenvalue weighted by atomic mass is 19.1. The highest BCUT2D eigenvalue weighted by Gasteiger charge is 2.44. The lowest BCUT2D eigenvalue weighted by molar-refractivity contribution is -0.136. The van der Waals surface area contributed by atoms with Crippen LogP contribution >= 0.6 is 0 Å². The van der Waals surface area contributed by atoms with Crippen LogP contribution in [0, 0.1) is 5.82 Å². The van der Waals surface area contributed by atoms with E-state index in [1.165, 1.54) is 18.3 Å². The lowest BCUT2D eigenvalue weighted by atomic mass is 9.88. The van der Waals surface area contributed by atoms with E-state index in [4.69, 9.17) is 9.47 Å². The van der Waals surface area contributed by atoms with E-state index in [1.807, 2.05) is 23.9 Å². The third-order valence-corrected chi connectivity index (χ3v) is 4.66. The second-order valence-corrected chi connectivity index (χ2v) is 6.85. The number of hydrogen-bond acceptors (Lipinski definition) is 5. The summed E-state index contributed by atoms with van der Waals surface area (Å²) < 4.78 is 25.3. The van der Waals surface area contributed by atoms with Crippen LogP contribution < -0.4 is 4.74 Å². The number of likely N-dealkylation sites (N-methyl/N-ethyl adjacent to an activating group) is 1. The fraction of sp³-hybridized carbons (Fsp3) is 0.647. The lowest BCUT2D eigenvalue weighted by Crippen LogP contribution is -2.48. The van der Waals surface area contributed by atoms with E-state index in [9.17, 15) is 9.18 Å². The van der Waals surface area contributed by atoms with Gasteiger partial charge in [0, 0.05) is 25.7 Å². The molecule has 132 valence electrons. The van der Waals surface area contributed by atoms with Crippen molar-refractivity contribution in [3.05, 3.63) is 24.1 Å². The second kappa shape index (κ2) is 7.03. The van der Waals surface area contributed by atoms with Crippen LogP contribution in [-0.2, 0) is 9.53 Å². The molecule has 3 rings (SSSR count). The molecule has 1 aromatic heterocycles. The van der Waals surface area contributed by atoms with Gasteiger partial charge in [0.25, 0.3) is 5.88 Å². The number of likely N-dealkylation sites (tertiary alicyclic amines) is 1. The minimum atomic E-state index is -0.456. The number of carbonyl (C=O) groups excluding carboxylic acids is 1. The monoisotopic (exact) mass is 337 g/mol. The van der Waals surface area contributed by atoms with Crippen molar-refractivity contribution in [1.82, 2.24) is 14.8 Å². The molecule has 0 unspecified atom stereocenters. The lowest BCUT2D eigenvalue weighted by Gasteiger charge is -2.38. The number of halogens is 1. The summed E-state index contributed by atoms with van der Waals surface area (Å²) in [5.41, 5.74) is -0.259. The third kappa shape index (κ3) is 3.84. The number of pyridine rings is 1. The zero-order valence-electron chi connectivity index (χ0n) is 14.2.